The quantitative estimate of drug-likeness (QED) is 0.936. The third kappa shape index (κ3) is 3.16. The normalized spacial score (nSPS) is 10.8. The van der Waals surface area contributed by atoms with Gasteiger partial charge in [0.15, 0.2) is 0 Å². The van der Waals surface area contributed by atoms with E-state index in [4.69, 9.17) is 0 Å². The van der Waals surface area contributed by atoms with Crippen LogP contribution in [-0.4, -0.2) is 25.5 Å². The van der Waals surface area contributed by atoms with Gasteiger partial charge in [-0.1, -0.05) is 20.8 Å². The molecule has 7 heteroatoms. The lowest BCUT2D eigenvalue weighted by atomic mass is 10.1. The average molecular weight is 291 g/mol. The monoisotopic (exact) mass is 291 g/mol. The zero-order chi connectivity index (χ0) is 14.7. The minimum Gasteiger partial charge on any atom is -0.297 e. The fourth-order valence-corrected chi connectivity index (χ4v) is 2.36. The fourth-order valence-electron chi connectivity index (χ4n) is 1.66. The summed E-state index contributed by atoms with van der Waals surface area (Å²) in [6.45, 7) is 7.78. The number of anilines is 1. The topological polar surface area (TPSA) is 80.7 Å². The number of nitrogens with one attached hydrogen (secondary N) is 1. The molecule has 6 nitrogen and oxygen atoms in total. The predicted molar refractivity (Wildman–Crippen MR) is 78.1 cm³/mol. The minimum absolute atomic E-state index is 0.216. The van der Waals surface area contributed by atoms with E-state index >= 15 is 0 Å². The summed E-state index contributed by atoms with van der Waals surface area (Å²) in [5, 5.41) is 11.3. The van der Waals surface area contributed by atoms with Crippen LogP contribution in [-0.2, 0) is 6.42 Å². The summed E-state index contributed by atoms with van der Waals surface area (Å²) in [6.07, 6.45) is 0.656. The highest BCUT2D eigenvalue weighted by molar-refractivity contribution is 7.09. The molecule has 0 atom stereocenters. The Hall–Kier alpha value is -1.89. The summed E-state index contributed by atoms with van der Waals surface area (Å²) in [5.41, 5.74) is 1.94. The molecule has 0 aromatic carbocycles. The zero-order valence-electron chi connectivity index (χ0n) is 12.0. The molecular formula is C13H17N5OS. The highest BCUT2D eigenvalue weighted by Crippen LogP contribution is 2.18. The molecule has 2 aromatic rings. The first-order valence-corrected chi connectivity index (χ1v) is 7.26. The molecule has 0 aliphatic heterocycles. The van der Waals surface area contributed by atoms with Gasteiger partial charge in [0.1, 0.15) is 5.82 Å². The third-order valence-electron chi connectivity index (χ3n) is 2.75. The maximum atomic E-state index is 12.3. The molecule has 0 spiro atoms. The molecule has 0 unspecified atom stereocenters. The molecule has 1 amide bonds. The van der Waals surface area contributed by atoms with Crippen molar-refractivity contribution in [2.75, 3.05) is 5.32 Å². The number of aryl methyl sites for hydroxylation is 2. The molecule has 1 N–H and O–H groups in total. The Labute approximate surface area is 121 Å². The van der Waals surface area contributed by atoms with Gasteiger partial charge < -0.3 is 0 Å². The SMILES string of the molecule is CCc1nnc(C)cc1C(=O)Nc1nc(C(C)C)ns1. The number of hydrogen-bond donors (Lipinski definition) is 1. The Morgan fingerprint density at radius 1 is 1.40 bits per heavy atom. The van der Waals surface area contributed by atoms with Crippen molar-refractivity contribution < 1.29 is 4.79 Å². The van der Waals surface area contributed by atoms with Crippen molar-refractivity contribution in [3.05, 3.63) is 28.8 Å². The van der Waals surface area contributed by atoms with Crippen molar-refractivity contribution in [2.24, 2.45) is 0 Å². The van der Waals surface area contributed by atoms with E-state index in [-0.39, 0.29) is 11.8 Å². The molecule has 0 fully saturated rings. The number of carbonyl (C=O) groups is 1. The molecule has 0 bridgehead atoms. The molecule has 0 saturated heterocycles. The predicted octanol–water partition coefficient (Wildman–Crippen LogP) is 2.57. The van der Waals surface area contributed by atoms with Gasteiger partial charge in [-0.05, 0) is 19.4 Å². The highest BCUT2D eigenvalue weighted by atomic mass is 32.1. The summed E-state index contributed by atoms with van der Waals surface area (Å²) < 4.78 is 4.21. The standard InChI is InChI=1S/C13H17N5OS/c1-5-10-9(6-8(4)16-17-10)12(19)15-13-14-11(7(2)3)18-20-13/h6-7H,5H2,1-4H3,(H,14,15,18,19). The smallest absolute Gasteiger partial charge is 0.259 e. The van der Waals surface area contributed by atoms with Gasteiger partial charge in [0, 0.05) is 17.5 Å². The molecule has 106 valence electrons. The van der Waals surface area contributed by atoms with E-state index in [1.54, 1.807) is 6.07 Å². The molecule has 0 saturated carbocycles. The van der Waals surface area contributed by atoms with Gasteiger partial charge >= 0.3 is 0 Å². The van der Waals surface area contributed by atoms with Crippen molar-refractivity contribution in [3.63, 3.8) is 0 Å². The van der Waals surface area contributed by atoms with Crippen LogP contribution in [0.1, 0.15) is 54.3 Å². The van der Waals surface area contributed by atoms with Gasteiger partial charge in [-0.25, -0.2) is 4.98 Å². The number of carbonyl (C=O) groups excluding carboxylic acids is 1. The van der Waals surface area contributed by atoms with Gasteiger partial charge in [0.25, 0.3) is 5.91 Å². The van der Waals surface area contributed by atoms with Crippen LogP contribution in [0.15, 0.2) is 6.07 Å². The first-order chi connectivity index (χ1) is 9.51. The van der Waals surface area contributed by atoms with Gasteiger partial charge in [0.2, 0.25) is 5.13 Å². The van der Waals surface area contributed by atoms with Gasteiger partial charge in [-0.2, -0.15) is 14.6 Å². The number of nitrogens with zero attached hydrogens (tertiary/aromatic N) is 4. The average Bonchev–Trinajstić information content (AvgIpc) is 2.87. The summed E-state index contributed by atoms with van der Waals surface area (Å²) in [6, 6.07) is 1.74. The van der Waals surface area contributed by atoms with E-state index in [1.165, 1.54) is 11.5 Å². The molecular weight excluding hydrogens is 274 g/mol. The van der Waals surface area contributed by atoms with E-state index in [0.29, 0.717) is 28.5 Å². The van der Waals surface area contributed by atoms with E-state index in [0.717, 1.165) is 5.82 Å². The Morgan fingerprint density at radius 3 is 2.75 bits per heavy atom. The minimum atomic E-state index is -0.216. The summed E-state index contributed by atoms with van der Waals surface area (Å²) in [4.78, 5) is 16.6. The van der Waals surface area contributed by atoms with Crippen LogP contribution in [0.5, 0.6) is 0 Å². The second-order valence-corrected chi connectivity index (χ2v) is 5.52. The van der Waals surface area contributed by atoms with Crippen LogP contribution >= 0.6 is 11.5 Å². The van der Waals surface area contributed by atoms with Crippen LogP contribution < -0.4 is 5.32 Å². The van der Waals surface area contributed by atoms with E-state index < -0.39 is 0 Å². The van der Waals surface area contributed by atoms with Crippen molar-refractivity contribution in [2.45, 2.75) is 40.0 Å². The lowest BCUT2D eigenvalue weighted by molar-refractivity contribution is 0.102. The first kappa shape index (κ1) is 14.5. The first-order valence-electron chi connectivity index (χ1n) is 6.49. The number of aromatic nitrogens is 4. The van der Waals surface area contributed by atoms with Crippen molar-refractivity contribution in [3.8, 4) is 0 Å². The molecule has 2 heterocycles. The van der Waals surface area contributed by atoms with Crippen LogP contribution in [0, 0.1) is 6.92 Å². The molecule has 0 radical (unpaired) electrons. The maximum absolute atomic E-state index is 12.3. The number of amides is 1. The second-order valence-electron chi connectivity index (χ2n) is 4.77. The molecule has 20 heavy (non-hydrogen) atoms. The lowest BCUT2D eigenvalue weighted by Gasteiger charge is -2.06. The van der Waals surface area contributed by atoms with E-state index in [2.05, 4.69) is 24.9 Å². The van der Waals surface area contributed by atoms with E-state index in [9.17, 15) is 4.79 Å². The second kappa shape index (κ2) is 6.04. The third-order valence-corrected chi connectivity index (χ3v) is 3.40. The van der Waals surface area contributed by atoms with Crippen LogP contribution in [0.2, 0.25) is 0 Å². The van der Waals surface area contributed by atoms with Gasteiger partial charge in [-0.3, -0.25) is 10.1 Å². The summed E-state index contributed by atoms with van der Waals surface area (Å²) in [7, 11) is 0. The zero-order valence-corrected chi connectivity index (χ0v) is 12.8. The molecule has 0 aliphatic rings. The van der Waals surface area contributed by atoms with E-state index in [1.807, 2.05) is 27.7 Å². The van der Waals surface area contributed by atoms with Crippen LogP contribution in [0.4, 0.5) is 5.13 Å². The van der Waals surface area contributed by atoms with Crippen molar-refractivity contribution in [1.82, 2.24) is 19.6 Å². The largest absolute Gasteiger partial charge is 0.297 e. The van der Waals surface area contributed by atoms with Crippen LogP contribution in [0.25, 0.3) is 0 Å². The van der Waals surface area contributed by atoms with Gasteiger partial charge in [0.05, 0.1) is 17.0 Å². The number of hydrogen-bond acceptors (Lipinski definition) is 6. The fraction of sp³-hybridized carbons (Fsp3) is 0.462. The Balaban J connectivity index is 2.21. The maximum Gasteiger partial charge on any atom is 0.259 e. The molecule has 2 aromatic heterocycles. The Bertz CT molecular complexity index is 623. The Morgan fingerprint density at radius 2 is 2.15 bits per heavy atom. The van der Waals surface area contributed by atoms with Crippen molar-refractivity contribution in [1.29, 1.82) is 0 Å². The summed E-state index contributed by atoms with van der Waals surface area (Å²) >= 11 is 1.19. The Kier molecular flexibility index (Phi) is 4.39. The van der Waals surface area contributed by atoms with Crippen LogP contribution in [0.3, 0.4) is 0 Å². The summed E-state index contributed by atoms with van der Waals surface area (Å²) in [5.74, 6) is 0.768. The van der Waals surface area contributed by atoms with Crippen molar-refractivity contribution >= 4 is 22.6 Å². The van der Waals surface area contributed by atoms with Gasteiger partial charge in [-0.15, -0.1) is 0 Å². The highest BCUT2D eigenvalue weighted by Gasteiger charge is 2.15. The lowest BCUT2D eigenvalue weighted by Crippen LogP contribution is -2.16. The molecule has 0 aliphatic carbocycles. The molecule has 2 rings (SSSR count). The number of rotatable bonds is 4.